The number of hydrogen-bond acceptors (Lipinski definition) is 7. The monoisotopic (exact) mass is 397 g/mol. The minimum absolute atomic E-state index is 0.0926. The van der Waals surface area contributed by atoms with Crippen LogP contribution in [0.25, 0.3) is 5.65 Å². The van der Waals surface area contributed by atoms with Crippen LogP contribution in [-0.2, 0) is 16.6 Å². The van der Waals surface area contributed by atoms with Crippen LogP contribution < -0.4 is 15.5 Å². The van der Waals surface area contributed by atoms with Crippen molar-refractivity contribution in [3.05, 3.63) is 52.6 Å². The lowest BCUT2D eigenvalue weighted by Gasteiger charge is -2.29. The lowest BCUT2D eigenvalue weighted by atomic mass is 10.1. The molecule has 0 aliphatic rings. The van der Waals surface area contributed by atoms with Gasteiger partial charge in [-0.1, -0.05) is 0 Å². The Hall–Kier alpha value is -3.62. The Bertz CT molecular complexity index is 1120. The van der Waals surface area contributed by atoms with E-state index < -0.39 is 5.97 Å². The summed E-state index contributed by atoms with van der Waals surface area (Å²) in [5.41, 5.74) is 2.87. The summed E-state index contributed by atoms with van der Waals surface area (Å²) in [6.07, 6.45) is 2.43. The predicted octanol–water partition coefficient (Wildman–Crippen LogP) is 1.61. The summed E-state index contributed by atoms with van der Waals surface area (Å²) in [7, 11) is 4.82. The molecule has 2 heterocycles. The summed E-state index contributed by atoms with van der Waals surface area (Å²) in [4.78, 5) is 39.3. The van der Waals surface area contributed by atoms with Crippen molar-refractivity contribution in [1.82, 2.24) is 14.2 Å². The topological polar surface area (TPSA) is 89.2 Å². The third-order valence-corrected chi connectivity index (χ3v) is 4.80. The van der Waals surface area contributed by atoms with Gasteiger partial charge in [0.15, 0.2) is 5.65 Å². The Balaban J connectivity index is 2.16. The number of hydrogen-bond donors (Lipinski definition) is 0. The van der Waals surface area contributed by atoms with Crippen LogP contribution in [-0.4, -0.2) is 53.7 Å². The summed E-state index contributed by atoms with van der Waals surface area (Å²) in [6, 6.07) is 8.69. The number of pyridine rings is 1. The van der Waals surface area contributed by atoms with E-state index in [9.17, 15) is 14.4 Å². The molecule has 3 aromatic rings. The number of aldehydes is 1. The van der Waals surface area contributed by atoms with E-state index in [0.29, 0.717) is 23.4 Å². The SMILES string of the molecule is CCN(C)c1cc(C(=O)OC)ccc1N(CC=O)c1ccn2c(=O)n(C)nc2c1. The quantitative estimate of drug-likeness (QED) is 0.442. The zero-order chi connectivity index (χ0) is 21.1. The smallest absolute Gasteiger partial charge is 0.350 e. The molecule has 0 fully saturated rings. The molecule has 0 unspecified atom stereocenters. The molecule has 0 aliphatic carbocycles. The van der Waals surface area contributed by atoms with Crippen molar-refractivity contribution in [1.29, 1.82) is 0 Å². The van der Waals surface area contributed by atoms with Crippen molar-refractivity contribution < 1.29 is 14.3 Å². The van der Waals surface area contributed by atoms with E-state index in [1.165, 1.54) is 16.2 Å². The molecule has 0 amide bonds. The molecule has 0 saturated heterocycles. The summed E-state index contributed by atoms with van der Waals surface area (Å²) in [5, 5.41) is 4.21. The van der Waals surface area contributed by atoms with Crippen LogP contribution in [0, 0.1) is 0 Å². The van der Waals surface area contributed by atoms with Crippen molar-refractivity contribution in [3.8, 4) is 0 Å². The second kappa shape index (κ2) is 8.17. The van der Waals surface area contributed by atoms with Gasteiger partial charge in [-0.3, -0.25) is 4.40 Å². The van der Waals surface area contributed by atoms with Crippen molar-refractivity contribution >= 4 is 35.0 Å². The Labute approximate surface area is 167 Å². The van der Waals surface area contributed by atoms with Crippen LogP contribution in [0.1, 0.15) is 17.3 Å². The van der Waals surface area contributed by atoms with Gasteiger partial charge in [0.1, 0.15) is 6.29 Å². The molecule has 9 heteroatoms. The van der Waals surface area contributed by atoms with E-state index in [2.05, 4.69) is 5.10 Å². The van der Waals surface area contributed by atoms with Gasteiger partial charge >= 0.3 is 11.7 Å². The van der Waals surface area contributed by atoms with Crippen molar-refractivity contribution in [2.24, 2.45) is 7.05 Å². The molecule has 0 radical (unpaired) electrons. The van der Waals surface area contributed by atoms with Crippen molar-refractivity contribution in [2.75, 3.05) is 37.0 Å². The first-order valence-corrected chi connectivity index (χ1v) is 9.11. The minimum Gasteiger partial charge on any atom is -0.465 e. The van der Waals surface area contributed by atoms with Gasteiger partial charge in [0.2, 0.25) is 0 Å². The van der Waals surface area contributed by atoms with Gasteiger partial charge in [-0.05, 0) is 31.2 Å². The first-order chi connectivity index (χ1) is 13.9. The van der Waals surface area contributed by atoms with E-state index >= 15 is 0 Å². The first kappa shape index (κ1) is 20.1. The molecule has 0 bridgehead atoms. The molecule has 0 atom stereocenters. The molecule has 1 aromatic carbocycles. The van der Waals surface area contributed by atoms with Gasteiger partial charge in [-0.25, -0.2) is 14.3 Å². The molecule has 152 valence electrons. The first-order valence-electron chi connectivity index (χ1n) is 9.11. The number of rotatable bonds is 7. The van der Waals surface area contributed by atoms with Crippen LogP contribution >= 0.6 is 0 Å². The third-order valence-electron chi connectivity index (χ3n) is 4.80. The summed E-state index contributed by atoms with van der Waals surface area (Å²) >= 11 is 0. The maximum Gasteiger partial charge on any atom is 0.350 e. The largest absolute Gasteiger partial charge is 0.465 e. The molecule has 0 aliphatic heterocycles. The number of ether oxygens (including phenoxy) is 1. The molecule has 2 aromatic heterocycles. The molecule has 29 heavy (non-hydrogen) atoms. The summed E-state index contributed by atoms with van der Waals surface area (Å²) in [5.74, 6) is -0.432. The van der Waals surface area contributed by atoms with E-state index in [1.807, 2.05) is 23.8 Å². The van der Waals surface area contributed by atoms with E-state index in [4.69, 9.17) is 4.74 Å². The maximum atomic E-state index is 12.1. The van der Waals surface area contributed by atoms with Crippen molar-refractivity contribution in [3.63, 3.8) is 0 Å². The summed E-state index contributed by atoms with van der Waals surface area (Å²) in [6.45, 7) is 2.78. The molecule has 0 N–H and O–H groups in total. The number of benzene rings is 1. The second-order valence-electron chi connectivity index (χ2n) is 6.51. The average Bonchev–Trinajstić information content (AvgIpc) is 3.03. The van der Waals surface area contributed by atoms with Gasteiger partial charge < -0.3 is 19.3 Å². The average molecular weight is 397 g/mol. The fourth-order valence-electron chi connectivity index (χ4n) is 3.13. The fraction of sp³-hybridized carbons (Fsp3) is 0.300. The number of aromatic nitrogens is 3. The molecular formula is C20H23N5O4. The number of anilines is 3. The Kier molecular flexibility index (Phi) is 5.67. The van der Waals surface area contributed by atoms with Gasteiger partial charge in [-0.15, -0.1) is 0 Å². The standard InChI is InChI=1S/C20H23N5O4/c1-5-22(2)17-12-14(19(27)29-4)6-7-16(17)24(10-11-26)15-8-9-25-18(13-15)21-23(3)20(25)28/h6-9,11-13H,5,10H2,1-4H3. The zero-order valence-electron chi connectivity index (χ0n) is 16.8. The highest BCUT2D eigenvalue weighted by atomic mass is 16.5. The number of carbonyl (C=O) groups is 2. The third kappa shape index (κ3) is 3.71. The van der Waals surface area contributed by atoms with Crippen molar-refractivity contribution in [2.45, 2.75) is 6.92 Å². The van der Waals surface area contributed by atoms with Gasteiger partial charge in [0.05, 0.1) is 30.6 Å². The van der Waals surface area contributed by atoms with Gasteiger partial charge in [0, 0.05) is 38.6 Å². The number of carbonyl (C=O) groups excluding carboxylic acids is 2. The van der Waals surface area contributed by atoms with Crippen LogP contribution in [0.2, 0.25) is 0 Å². The number of esters is 1. The number of methoxy groups -OCH3 is 1. The van der Waals surface area contributed by atoms with E-state index in [1.54, 1.807) is 43.6 Å². The highest BCUT2D eigenvalue weighted by Crippen LogP contribution is 2.35. The van der Waals surface area contributed by atoms with E-state index in [-0.39, 0.29) is 12.2 Å². The highest BCUT2D eigenvalue weighted by molar-refractivity contribution is 5.93. The fourth-order valence-corrected chi connectivity index (χ4v) is 3.13. The van der Waals surface area contributed by atoms with Gasteiger partial charge in [-0.2, -0.15) is 5.10 Å². The predicted molar refractivity (Wildman–Crippen MR) is 110 cm³/mol. The minimum atomic E-state index is -0.432. The number of nitrogens with zero attached hydrogens (tertiary/aromatic N) is 5. The van der Waals surface area contributed by atoms with Gasteiger partial charge in [0.25, 0.3) is 0 Å². The van der Waals surface area contributed by atoms with E-state index in [0.717, 1.165) is 17.7 Å². The molecule has 3 rings (SSSR count). The normalized spacial score (nSPS) is 10.8. The van der Waals surface area contributed by atoms with Crippen LogP contribution in [0.15, 0.2) is 41.3 Å². The summed E-state index contributed by atoms with van der Waals surface area (Å²) < 4.78 is 7.52. The number of aryl methyl sites for hydroxylation is 1. The maximum absolute atomic E-state index is 12.1. The zero-order valence-corrected chi connectivity index (χ0v) is 16.8. The van der Waals surface area contributed by atoms with Crippen LogP contribution in [0.5, 0.6) is 0 Å². The lowest BCUT2D eigenvalue weighted by Crippen LogP contribution is -2.25. The van der Waals surface area contributed by atoms with Crippen LogP contribution in [0.4, 0.5) is 17.1 Å². The van der Waals surface area contributed by atoms with Crippen LogP contribution in [0.3, 0.4) is 0 Å². The Morgan fingerprint density at radius 3 is 2.66 bits per heavy atom. The molecule has 0 spiro atoms. The number of fused-ring (bicyclic) bond motifs is 1. The molecular weight excluding hydrogens is 374 g/mol. The Morgan fingerprint density at radius 2 is 2.00 bits per heavy atom. The lowest BCUT2D eigenvalue weighted by molar-refractivity contribution is -0.106. The molecule has 9 nitrogen and oxygen atoms in total. The highest BCUT2D eigenvalue weighted by Gasteiger charge is 2.19. The Morgan fingerprint density at radius 1 is 1.24 bits per heavy atom. The second-order valence-corrected chi connectivity index (χ2v) is 6.51. The molecule has 0 saturated carbocycles.